The zero-order valence-electron chi connectivity index (χ0n) is 41.8. The van der Waals surface area contributed by atoms with Crippen molar-refractivity contribution in [3.05, 3.63) is 261 Å². The average molecular weight is 957 g/mol. The van der Waals surface area contributed by atoms with Gasteiger partial charge in [-0.25, -0.2) is 0 Å². The Kier molecular flexibility index (Phi) is 10.3. The lowest BCUT2D eigenvalue weighted by Gasteiger charge is -2.23. The first-order valence-electron chi connectivity index (χ1n) is 26.0. The van der Waals surface area contributed by atoms with Crippen molar-refractivity contribution in [2.75, 3.05) is 0 Å². The van der Waals surface area contributed by atoms with Crippen molar-refractivity contribution in [1.29, 1.82) is 0 Å². The number of benzene rings is 14. The van der Waals surface area contributed by atoms with E-state index in [0.717, 1.165) is 0 Å². The van der Waals surface area contributed by atoms with E-state index >= 15 is 0 Å². The minimum absolute atomic E-state index is 1.22. The van der Waals surface area contributed by atoms with Gasteiger partial charge in [-0.15, -0.1) is 0 Å². The number of fused-ring (bicyclic) bond motifs is 3. The van der Waals surface area contributed by atoms with Gasteiger partial charge in [0.05, 0.1) is 8.07 Å². The maximum Gasteiger partial charge on any atom is 0.0775 e. The second kappa shape index (κ2) is 17.4. The molecule has 348 valence electrons. The van der Waals surface area contributed by atoms with E-state index in [4.69, 9.17) is 0 Å². The highest BCUT2D eigenvalue weighted by molar-refractivity contribution is 6.88. The fourth-order valence-electron chi connectivity index (χ4n) is 12.3. The Morgan fingerprint density at radius 2 is 0.446 bits per heavy atom. The van der Waals surface area contributed by atoms with Gasteiger partial charge in [-0.3, -0.25) is 0 Å². The van der Waals surface area contributed by atoms with Gasteiger partial charge in [0, 0.05) is 0 Å². The zero-order valence-corrected chi connectivity index (χ0v) is 42.8. The van der Waals surface area contributed by atoms with E-state index in [1.54, 1.807) is 0 Å². The van der Waals surface area contributed by atoms with Crippen LogP contribution < -0.4 is 5.19 Å². The van der Waals surface area contributed by atoms with Crippen LogP contribution in [0.4, 0.5) is 0 Å². The maximum atomic E-state index is 2.52. The Bertz CT molecular complexity index is 4330. The molecule has 0 nitrogen and oxygen atoms in total. The Balaban J connectivity index is 1.13. The van der Waals surface area contributed by atoms with Crippen LogP contribution in [-0.2, 0) is 0 Å². The molecule has 74 heavy (non-hydrogen) atoms. The second-order valence-electron chi connectivity index (χ2n) is 21.1. The van der Waals surface area contributed by atoms with Gasteiger partial charge in [0.15, 0.2) is 0 Å². The lowest BCUT2D eigenvalue weighted by Crippen LogP contribution is -2.37. The molecule has 0 aliphatic rings. The monoisotopic (exact) mass is 956 g/mol. The lowest BCUT2D eigenvalue weighted by molar-refractivity contribution is 1.62. The van der Waals surface area contributed by atoms with Crippen LogP contribution in [0.2, 0.25) is 19.6 Å². The van der Waals surface area contributed by atoms with Crippen molar-refractivity contribution >= 4 is 77.9 Å². The molecule has 0 saturated heterocycles. The molecule has 1 heteroatoms. The third-order valence-electron chi connectivity index (χ3n) is 15.9. The minimum atomic E-state index is -1.55. The van der Waals surface area contributed by atoms with Gasteiger partial charge in [0.1, 0.15) is 0 Å². The molecule has 0 saturated carbocycles. The molecule has 0 N–H and O–H groups in total. The molecule has 0 unspecified atom stereocenters. The summed E-state index contributed by atoms with van der Waals surface area (Å²) in [6.45, 7) is 7.31. The molecule has 0 atom stereocenters. The quantitative estimate of drug-likeness (QED) is 0.105. The topological polar surface area (TPSA) is 0 Å². The van der Waals surface area contributed by atoms with Crippen molar-refractivity contribution in [2.45, 2.75) is 19.6 Å². The van der Waals surface area contributed by atoms with E-state index < -0.39 is 8.07 Å². The number of hydrogen-bond acceptors (Lipinski definition) is 0. The predicted molar refractivity (Wildman–Crippen MR) is 324 cm³/mol. The summed E-state index contributed by atoms with van der Waals surface area (Å²) < 4.78 is 0. The normalized spacial score (nSPS) is 12.0. The van der Waals surface area contributed by atoms with E-state index in [2.05, 4.69) is 280 Å². The molecule has 0 aliphatic carbocycles. The molecule has 0 heterocycles. The summed E-state index contributed by atoms with van der Waals surface area (Å²) in [6, 6.07) is 98.0. The third-order valence-corrected chi connectivity index (χ3v) is 17.9. The Morgan fingerprint density at radius 1 is 0.189 bits per heavy atom. The van der Waals surface area contributed by atoms with Crippen LogP contribution in [-0.4, -0.2) is 8.07 Å². The first-order valence-corrected chi connectivity index (χ1v) is 29.5. The smallest absolute Gasteiger partial charge is 0.0656 e. The molecule has 0 amide bonds. The van der Waals surface area contributed by atoms with Gasteiger partial charge in [0.2, 0.25) is 0 Å². The van der Waals surface area contributed by atoms with E-state index in [-0.39, 0.29) is 0 Å². The Morgan fingerprint density at radius 3 is 0.770 bits per heavy atom. The summed E-state index contributed by atoms with van der Waals surface area (Å²) in [5.74, 6) is 0. The molecule has 14 aromatic rings. The van der Waals surface area contributed by atoms with Gasteiger partial charge < -0.3 is 0 Å². The van der Waals surface area contributed by atoms with Crippen molar-refractivity contribution in [1.82, 2.24) is 0 Å². The van der Waals surface area contributed by atoms with Crippen LogP contribution in [0.1, 0.15) is 0 Å². The largest absolute Gasteiger partial charge is 0.0775 e. The fourth-order valence-corrected chi connectivity index (χ4v) is 13.4. The Labute approximate surface area is 433 Å². The van der Waals surface area contributed by atoms with Crippen LogP contribution in [0.15, 0.2) is 261 Å². The molecule has 14 aromatic carbocycles. The van der Waals surface area contributed by atoms with E-state index in [1.807, 2.05) is 0 Å². The van der Waals surface area contributed by atoms with Crippen molar-refractivity contribution in [2.24, 2.45) is 0 Å². The number of rotatable bonds is 8. The van der Waals surface area contributed by atoms with Crippen LogP contribution in [0.25, 0.3) is 143 Å². The zero-order chi connectivity index (χ0) is 49.5. The number of hydrogen-bond donors (Lipinski definition) is 0. The molecule has 0 aromatic heterocycles. The first-order chi connectivity index (χ1) is 36.4. The van der Waals surface area contributed by atoms with Crippen molar-refractivity contribution in [3.8, 4) is 77.9 Å². The fraction of sp³-hybridized carbons (Fsp3) is 0.0411. The first kappa shape index (κ1) is 43.9. The third kappa shape index (κ3) is 7.11. The summed E-state index contributed by atoms with van der Waals surface area (Å²) in [5, 5.41) is 16.6. The maximum absolute atomic E-state index is 2.52. The minimum Gasteiger partial charge on any atom is -0.0656 e. The summed E-state index contributed by atoms with van der Waals surface area (Å²) in [7, 11) is -1.55. The summed E-state index contributed by atoms with van der Waals surface area (Å²) in [6.07, 6.45) is 0. The van der Waals surface area contributed by atoms with Gasteiger partial charge >= 0.3 is 0 Å². The molecule has 14 rings (SSSR count). The van der Waals surface area contributed by atoms with Gasteiger partial charge in [0.25, 0.3) is 0 Å². The summed E-state index contributed by atoms with van der Waals surface area (Å²) in [5.41, 5.74) is 17.3. The molecule has 0 radical (unpaired) electrons. The second-order valence-corrected chi connectivity index (χ2v) is 26.1. The lowest BCUT2D eigenvalue weighted by atomic mass is 9.80. The average Bonchev–Trinajstić information content (AvgIpc) is 3.55. The SMILES string of the molecule is C[Si](C)(C)c1ccc(-c2cc(-c3ccc(-c4ccccc4)c4ccccc34)c3ccc4c(-c5ccc(-c6ccccc6)c6ccccc56)cc(-c5ccc(-c6ccccc6)c6ccccc56)c5ccc2c3c54)cc1. The molecule has 0 spiro atoms. The molecule has 0 fully saturated rings. The van der Waals surface area contributed by atoms with Crippen LogP contribution in [0, 0.1) is 0 Å². The highest BCUT2D eigenvalue weighted by Gasteiger charge is 2.25. The molecule has 0 bridgehead atoms. The van der Waals surface area contributed by atoms with E-state index in [9.17, 15) is 0 Å². The molecular weight excluding hydrogens is 905 g/mol. The highest BCUT2D eigenvalue weighted by atomic mass is 28.3. The van der Waals surface area contributed by atoms with E-state index in [0.29, 0.717) is 0 Å². The predicted octanol–water partition coefficient (Wildman–Crippen LogP) is 20.3. The van der Waals surface area contributed by atoms with E-state index in [1.165, 1.54) is 148 Å². The van der Waals surface area contributed by atoms with Gasteiger partial charge in [-0.2, -0.15) is 0 Å². The van der Waals surface area contributed by atoms with Crippen LogP contribution in [0.3, 0.4) is 0 Å². The highest BCUT2D eigenvalue weighted by Crippen LogP contribution is 2.52. The van der Waals surface area contributed by atoms with Crippen molar-refractivity contribution in [3.63, 3.8) is 0 Å². The van der Waals surface area contributed by atoms with Gasteiger partial charge in [-0.05, 0) is 155 Å². The Hall–Kier alpha value is -8.88. The van der Waals surface area contributed by atoms with Crippen LogP contribution >= 0.6 is 0 Å². The van der Waals surface area contributed by atoms with Gasteiger partial charge in [-0.1, -0.05) is 274 Å². The van der Waals surface area contributed by atoms with Crippen molar-refractivity contribution < 1.29 is 0 Å². The standard InChI is InChI=1S/C73H52Si/c1-74(2,3)51-33-31-50(32-34-51)68-45-69(61-38-35-52(47-19-7-4-8-20-47)55-25-13-16-28-58(55)61)65-43-44-67-71(63-40-37-54(49-23-11-6-12-24-49)57-27-15-18-30-60(57)63)46-70(66-42-41-64(68)72(65)73(66)67)62-39-36-53(48-21-9-5-10-22-48)56-26-14-17-29-59(56)62/h4-46H,1-3H3. The summed E-state index contributed by atoms with van der Waals surface area (Å²) in [4.78, 5) is 0. The molecule has 0 aliphatic heterocycles. The summed E-state index contributed by atoms with van der Waals surface area (Å²) >= 11 is 0. The van der Waals surface area contributed by atoms with Crippen LogP contribution in [0.5, 0.6) is 0 Å². The molecular formula is C73H52Si.